The largest absolute Gasteiger partial charge is 0.344 e. The molecule has 0 unspecified atom stereocenters. The molecule has 0 aliphatic heterocycles. The zero-order chi connectivity index (χ0) is 23.6. The summed E-state index contributed by atoms with van der Waals surface area (Å²) in [6, 6.07) is 8.30. The van der Waals surface area contributed by atoms with E-state index in [1.807, 2.05) is 23.7 Å². The van der Waals surface area contributed by atoms with E-state index in [1.165, 1.54) is 33.6 Å². The van der Waals surface area contributed by atoms with Crippen LogP contribution in [0.3, 0.4) is 0 Å². The van der Waals surface area contributed by atoms with Crippen molar-refractivity contribution in [2.45, 2.75) is 38.3 Å². The van der Waals surface area contributed by atoms with Crippen LogP contribution in [0.15, 0.2) is 29.4 Å². The van der Waals surface area contributed by atoms with Crippen LogP contribution in [-0.4, -0.2) is 56.3 Å². The number of hydrogen-bond donors (Lipinski definition) is 1. The normalized spacial score (nSPS) is 11.5. The Kier molecular flexibility index (Phi) is 7.04. The van der Waals surface area contributed by atoms with Crippen molar-refractivity contribution in [2.75, 3.05) is 25.2 Å². The molecule has 0 atom stereocenters. The van der Waals surface area contributed by atoms with E-state index in [1.54, 1.807) is 21.0 Å². The number of benzene rings is 1. The maximum atomic E-state index is 12.4. The van der Waals surface area contributed by atoms with Gasteiger partial charge in [-0.1, -0.05) is 68.1 Å². The summed E-state index contributed by atoms with van der Waals surface area (Å²) in [6.07, 6.45) is 0. The molecule has 0 aliphatic rings. The van der Waals surface area contributed by atoms with Gasteiger partial charge in [0.1, 0.15) is 4.88 Å². The molecule has 8 nitrogen and oxygen atoms in total. The second kappa shape index (κ2) is 9.41. The van der Waals surface area contributed by atoms with Crippen LogP contribution in [0.5, 0.6) is 0 Å². The Morgan fingerprint density at radius 2 is 1.81 bits per heavy atom. The maximum absolute atomic E-state index is 12.4. The Morgan fingerprint density at radius 3 is 2.41 bits per heavy atom. The van der Waals surface area contributed by atoms with Gasteiger partial charge in [-0.05, 0) is 17.9 Å². The van der Waals surface area contributed by atoms with E-state index in [0.29, 0.717) is 20.9 Å². The maximum Gasteiger partial charge on any atom is 0.265 e. The SMILES string of the molecule is Cc1nc(NC(=O)CSc2nnc(-c3ccc(C(C)(C)C)cc3)n2C)sc1C(=O)N(C)C. The molecule has 1 N–H and O–H groups in total. The first-order valence-electron chi connectivity index (χ1n) is 10.1. The van der Waals surface area contributed by atoms with Gasteiger partial charge in [0.25, 0.3) is 5.91 Å². The number of nitrogens with one attached hydrogen (secondary N) is 1. The van der Waals surface area contributed by atoms with Crippen molar-refractivity contribution in [1.82, 2.24) is 24.6 Å². The lowest BCUT2D eigenvalue weighted by molar-refractivity contribution is -0.113. The van der Waals surface area contributed by atoms with E-state index in [2.05, 4.69) is 53.4 Å². The predicted molar refractivity (Wildman–Crippen MR) is 129 cm³/mol. The molecule has 0 bridgehead atoms. The van der Waals surface area contributed by atoms with Crippen molar-refractivity contribution < 1.29 is 9.59 Å². The standard InChI is InChI=1S/C22H28N6O2S2/c1-13-17(19(30)27(5)6)32-20(23-13)24-16(29)12-31-21-26-25-18(28(21)7)14-8-10-15(11-9-14)22(2,3)4/h8-11H,12H2,1-7H3,(H,23,24,29). The number of aryl methyl sites for hydroxylation is 1. The van der Waals surface area contributed by atoms with Gasteiger partial charge in [-0.3, -0.25) is 9.59 Å². The number of anilines is 1. The summed E-state index contributed by atoms with van der Waals surface area (Å²) in [7, 11) is 5.26. The second-order valence-electron chi connectivity index (χ2n) is 8.66. The first-order valence-corrected chi connectivity index (χ1v) is 11.9. The van der Waals surface area contributed by atoms with E-state index in [9.17, 15) is 9.59 Å². The molecule has 2 amide bonds. The van der Waals surface area contributed by atoms with Gasteiger partial charge in [-0.15, -0.1) is 10.2 Å². The minimum Gasteiger partial charge on any atom is -0.344 e. The summed E-state index contributed by atoms with van der Waals surface area (Å²) in [6.45, 7) is 8.29. The third-order valence-corrected chi connectivity index (χ3v) is 6.90. The fourth-order valence-electron chi connectivity index (χ4n) is 2.95. The highest BCUT2D eigenvalue weighted by molar-refractivity contribution is 7.99. The lowest BCUT2D eigenvalue weighted by Gasteiger charge is -2.19. The summed E-state index contributed by atoms with van der Waals surface area (Å²) in [5.41, 5.74) is 2.92. The summed E-state index contributed by atoms with van der Waals surface area (Å²) >= 11 is 2.48. The number of amides is 2. The molecule has 32 heavy (non-hydrogen) atoms. The second-order valence-corrected chi connectivity index (χ2v) is 10.6. The highest BCUT2D eigenvalue weighted by Gasteiger charge is 2.19. The summed E-state index contributed by atoms with van der Waals surface area (Å²) in [5, 5.41) is 12.4. The van der Waals surface area contributed by atoms with Crippen molar-refractivity contribution in [3.63, 3.8) is 0 Å². The number of nitrogens with zero attached hydrogens (tertiary/aromatic N) is 5. The van der Waals surface area contributed by atoms with Crippen molar-refractivity contribution in [1.29, 1.82) is 0 Å². The molecular weight excluding hydrogens is 444 g/mol. The monoisotopic (exact) mass is 472 g/mol. The topological polar surface area (TPSA) is 93.0 Å². The first-order chi connectivity index (χ1) is 15.0. The van der Waals surface area contributed by atoms with Crippen molar-refractivity contribution in [3.8, 4) is 11.4 Å². The zero-order valence-corrected chi connectivity index (χ0v) is 21.0. The number of thioether (sulfide) groups is 1. The third-order valence-electron chi connectivity index (χ3n) is 4.82. The number of rotatable bonds is 6. The van der Waals surface area contributed by atoms with Gasteiger partial charge in [-0.25, -0.2) is 4.98 Å². The van der Waals surface area contributed by atoms with Gasteiger partial charge in [-0.2, -0.15) is 0 Å². The fourth-order valence-corrected chi connectivity index (χ4v) is 4.66. The molecule has 0 radical (unpaired) electrons. The number of hydrogen-bond acceptors (Lipinski definition) is 7. The van der Waals surface area contributed by atoms with E-state index in [4.69, 9.17) is 0 Å². The molecule has 3 aromatic rings. The van der Waals surface area contributed by atoms with Crippen LogP contribution in [0, 0.1) is 6.92 Å². The van der Waals surface area contributed by atoms with Crippen molar-refractivity contribution >= 4 is 40.0 Å². The number of carbonyl (C=O) groups is 2. The zero-order valence-electron chi connectivity index (χ0n) is 19.4. The van der Waals surface area contributed by atoms with Crippen LogP contribution >= 0.6 is 23.1 Å². The minimum atomic E-state index is -0.216. The average molecular weight is 473 g/mol. The quantitative estimate of drug-likeness (QED) is 0.546. The van der Waals surface area contributed by atoms with Crippen LogP contribution in [0.25, 0.3) is 11.4 Å². The average Bonchev–Trinajstić information content (AvgIpc) is 3.27. The minimum absolute atomic E-state index is 0.0866. The molecule has 2 aromatic heterocycles. The Balaban J connectivity index is 1.63. The van der Waals surface area contributed by atoms with Crippen LogP contribution in [-0.2, 0) is 17.3 Å². The molecule has 0 saturated carbocycles. The number of aromatic nitrogens is 4. The van der Waals surface area contributed by atoms with Gasteiger partial charge >= 0.3 is 0 Å². The molecule has 3 rings (SSSR count). The van der Waals surface area contributed by atoms with Gasteiger partial charge in [0.2, 0.25) is 5.91 Å². The van der Waals surface area contributed by atoms with Crippen molar-refractivity contribution in [3.05, 3.63) is 40.4 Å². The fraction of sp³-hybridized carbons (Fsp3) is 0.409. The third kappa shape index (κ3) is 5.36. The molecule has 0 aliphatic carbocycles. The lowest BCUT2D eigenvalue weighted by atomic mass is 9.87. The highest BCUT2D eigenvalue weighted by Crippen LogP contribution is 2.27. The van der Waals surface area contributed by atoms with Crippen LogP contribution in [0.4, 0.5) is 5.13 Å². The summed E-state index contributed by atoms with van der Waals surface area (Å²) in [5.74, 6) is 0.560. The highest BCUT2D eigenvalue weighted by atomic mass is 32.2. The van der Waals surface area contributed by atoms with E-state index >= 15 is 0 Å². The smallest absolute Gasteiger partial charge is 0.265 e. The number of thiazole rings is 1. The Labute approximate surface area is 196 Å². The molecule has 0 saturated heterocycles. The van der Waals surface area contributed by atoms with Crippen LogP contribution in [0.2, 0.25) is 0 Å². The molecule has 0 spiro atoms. The van der Waals surface area contributed by atoms with E-state index < -0.39 is 0 Å². The summed E-state index contributed by atoms with van der Waals surface area (Å²) < 4.78 is 1.88. The Hall–Kier alpha value is -2.72. The van der Waals surface area contributed by atoms with E-state index in [0.717, 1.165) is 11.4 Å². The molecule has 170 valence electrons. The van der Waals surface area contributed by atoms with Gasteiger partial charge in [0.05, 0.1) is 11.4 Å². The van der Waals surface area contributed by atoms with Crippen molar-refractivity contribution in [2.24, 2.45) is 7.05 Å². The predicted octanol–water partition coefficient (Wildman–Crippen LogP) is 3.98. The van der Waals surface area contributed by atoms with Crippen LogP contribution < -0.4 is 5.32 Å². The Morgan fingerprint density at radius 1 is 1.16 bits per heavy atom. The first kappa shape index (κ1) is 23.9. The molecule has 2 heterocycles. The molecule has 1 aromatic carbocycles. The van der Waals surface area contributed by atoms with E-state index in [-0.39, 0.29) is 23.0 Å². The summed E-state index contributed by atoms with van der Waals surface area (Å²) in [4.78, 5) is 30.9. The molecular formula is C22H28N6O2S2. The molecule has 0 fully saturated rings. The van der Waals surface area contributed by atoms with Gasteiger partial charge in [0.15, 0.2) is 16.1 Å². The number of carbonyl (C=O) groups excluding carboxylic acids is 2. The molecule has 10 heteroatoms. The van der Waals surface area contributed by atoms with Gasteiger partial charge in [0, 0.05) is 26.7 Å². The van der Waals surface area contributed by atoms with Gasteiger partial charge < -0.3 is 14.8 Å². The van der Waals surface area contributed by atoms with Crippen LogP contribution in [0.1, 0.15) is 41.7 Å². The lowest BCUT2D eigenvalue weighted by Crippen LogP contribution is -2.21. The Bertz CT molecular complexity index is 1130.